The van der Waals surface area contributed by atoms with E-state index in [9.17, 15) is 5.11 Å². The fourth-order valence-electron chi connectivity index (χ4n) is 1.73. The standard InChI is InChI=1S/C12H9N3OS/c1-7-14-10-2-3-17-12(10)11(15-7)8-4-9(16)6-13-5-8/h2-6,16H,1H3. The summed E-state index contributed by atoms with van der Waals surface area (Å²) < 4.78 is 1.02. The summed E-state index contributed by atoms with van der Waals surface area (Å²) in [7, 11) is 0. The summed E-state index contributed by atoms with van der Waals surface area (Å²) >= 11 is 1.59. The summed E-state index contributed by atoms with van der Waals surface area (Å²) in [4.78, 5) is 12.8. The molecule has 3 heterocycles. The highest BCUT2D eigenvalue weighted by atomic mass is 32.1. The molecule has 0 atom stereocenters. The van der Waals surface area contributed by atoms with Gasteiger partial charge in [0.1, 0.15) is 11.6 Å². The smallest absolute Gasteiger partial charge is 0.134 e. The van der Waals surface area contributed by atoms with Crippen molar-refractivity contribution in [2.45, 2.75) is 6.92 Å². The average molecular weight is 243 g/mol. The number of hydrogen-bond acceptors (Lipinski definition) is 5. The van der Waals surface area contributed by atoms with Crippen molar-refractivity contribution in [3.05, 3.63) is 35.7 Å². The molecule has 0 aliphatic carbocycles. The molecule has 0 saturated carbocycles. The lowest BCUT2D eigenvalue weighted by Gasteiger charge is -2.03. The Bertz CT molecular complexity index is 693. The molecular formula is C12H9N3OS. The van der Waals surface area contributed by atoms with Crippen molar-refractivity contribution in [3.63, 3.8) is 0 Å². The van der Waals surface area contributed by atoms with Crippen molar-refractivity contribution < 1.29 is 5.11 Å². The molecule has 17 heavy (non-hydrogen) atoms. The van der Waals surface area contributed by atoms with E-state index < -0.39 is 0 Å². The first-order valence-electron chi connectivity index (χ1n) is 5.10. The van der Waals surface area contributed by atoms with E-state index in [0.717, 1.165) is 21.5 Å². The monoisotopic (exact) mass is 243 g/mol. The van der Waals surface area contributed by atoms with Crippen LogP contribution in [0.1, 0.15) is 5.82 Å². The Morgan fingerprint density at radius 2 is 2.12 bits per heavy atom. The van der Waals surface area contributed by atoms with Gasteiger partial charge in [0.05, 0.1) is 22.1 Å². The minimum absolute atomic E-state index is 0.142. The molecule has 3 aromatic rings. The summed E-state index contributed by atoms with van der Waals surface area (Å²) in [6.07, 6.45) is 3.10. The fourth-order valence-corrected chi connectivity index (χ4v) is 2.58. The average Bonchev–Trinajstić information content (AvgIpc) is 2.75. The van der Waals surface area contributed by atoms with Gasteiger partial charge in [-0.05, 0) is 24.4 Å². The van der Waals surface area contributed by atoms with Crippen molar-refractivity contribution in [1.29, 1.82) is 0 Å². The molecule has 0 bridgehead atoms. The van der Waals surface area contributed by atoms with Crippen LogP contribution in [-0.2, 0) is 0 Å². The molecule has 5 heteroatoms. The Hall–Kier alpha value is -2.01. The number of aromatic hydroxyl groups is 1. The molecule has 3 aromatic heterocycles. The highest BCUT2D eigenvalue weighted by Crippen LogP contribution is 2.30. The number of hydrogen-bond donors (Lipinski definition) is 1. The summed E-state index contributed by atoms with van der Waals surface area (Å²) in [5.41, 5.74) is 2.56. The quantitative estimate of drug-likeness (QED) is 0.714. The molecule has 0 unspecified atom stereocenters. The molecule has 0 radical (unpaired) electrons. The molecule has 0 amide bonds. The van der Waals surface area contributed by atoms with Crippen LogP contribution in [0, 0.1) is 6.92 Å². The molecule has 0 aliphatic heterocycles. The Balaban J connectivity index is 2.32. The Morgan fingerprint density at radius 1 is 1.24 bits per heavy atom. The van der Waals surface area contributed by atoms with Crippen LogP contribution < -0.4 is 0 Å². The van der Waals surface area contributed by atoms with Crippen LogP contribution in [0.4, 0.5) is 0 Å². The largest absolute Gasteiger partial charge is 0.506 e. The second-order valence-electron chi connectivity index (χ2n) is 3.69. The third kappa shape index (κ3) is 1.74. The van der Waals surface area contributed by atoms with Gasteiger partial charge < -0.3 is 5.11 Å². The molecule has 0 aliphatic rings. The number of thiophene rings is 1. The maximum Gasteiger partial charge on any atom is 0.134 e. The number of aryl methyl sites for hydroxylation is 1. The van der Waals surface area contributed by atoms with Crippen molar-refractivity contribution in [1.82, 2.24) is 15.0 Å². The SMILES string of the molecule is Cc1nc(-c2cncc(O)c2)c2sccc2n1. The predicted octanol–water partition coefficient (Wildman–Crippen LogP) is 2.77. The Kier molecular flexibility index (Phi) is 2.26. The maximum atomic E-state index is 9.46. The van der Waals surface area contributed by atoms with Crippen molar-refractivity contribution >= 4 is 21.6 Å². The second-order valence-corrected chi connectivity index (χ2v) is 4.60. The van der Waals surface area contributed by atoms with E-state index in [-0.39, 0.29) is 5.75 Å². The van der Waals surface area contributed by atoms with Crippen LogP contribution >= 0.6 is 11.3 Å². The van der Waals surface area contributed by atoms with Crippen LogP contribution in [0.2, 0.25) is 0 Å². The van der Waals surface area contributed by atoms with Gasteiger partial charge in [0.15, 0.2) is 0 Å². The van der Waals surface area contributed by atoms with Gasteiger partial charge in [-0.15, -0.1) is 11.3 Å². The number of aromatic nitrogens is 3. The summed E-state index contributed by atoms with van der Waals surface area (Å²) in [5.74, 6) is 0.859. The first-order valence-corrected chi connectivity index (χ1v) is 5.98. The van der Waals surface area contributed by atoms with Crippen LogP contribution in [0.25, 0.3) is 21.5 Å². The maximum absolute atomic E-state index is 9.46. The highest BCUT2D eigenvalue weighted by molar-refractivity contribution is 7.17. The Morgan fingerprint density at radius 3 is 2.94 bits per heavy atom. The Labute approximate surface area is 102 Å². The van der Waals surface area contributed by atoms with E-state index in [4.69, 9.17) is 0 Å². The van der Waals surface area contributed by atoms with Gasteiger partial charge in [-0.3, -0.25) is 4.98 Å². The summed E-state index contributed by atoms with van der Waals surface area (Å²) in [6, 6.07) is 3.63. The van der Waals surface area contributed by atoms with Crippen LogP contribution in [0.3, 0.4) is 0 Å². The van der Waals surface area contributed by atoms with E-state index >= 15 is 0 Å². The zero-order chi connectivity index (χ0) is 11.8. The van der Waals surface area contributed by atoms with E-state index in [1.807, 2.05) is 18.4 Å². The minimum atomic E-state index is 0.142. The molecule has 0 aromatic carbocycles. The van der Waals surface area contributed by atoms with Crippen LogP contribution in [0.15, 0.2) is 29.9 Å². The molecular weight excluding hydrogens is 234 g/mol. The third-order valence-electron chi connectivity index (χ3n) is 2.41. The van der Waals surface area contributed by atoms with E-state index in [0.29, 0.717) is 5.82 Å². The van der Waals surface area contributed by atoms with Gasteiger partial charge in [-0.1, -0.05) is 0 Å². The minimum Gasteiger partial charge on any atom is -0.506 e. The molecule has 1 N–H and O–H groups in total. The van der Waals surface area contributed by atoms with Gasteiger partial charge in [0.25, 0.3) is 0 Å². The van der Waals surface area contributed by atoms with Crippen molar-refractivity contribution in [3.8, 4) is 17.0 Å². The molecule has 0 spiro atoms. The second kappa shape index (κ2) is 3.78. The zero-order valence-corrected chi connectivity index (χ0v) is 9.90. The normalized spacial score (nSPS) is 10.9. The first kappa shape index (κ1) is 10.2. The highest BCUT2D eigenvalue weighted by Gasteiger charge is 2.10. The van der Waals surface area contributed by atoms with Crippen molar-refractivity contribution in [2.24, 2.45) is 0 Å². The van der Waals surface area contributed by atoms with E-state index in [1.165, 1.54) is 6.20 Å². The lowest BCUT2D eigenvalue weighted by atomic mass is 10.2. The molecule has 3 rings (SSSR count). The van der Waals surface area contributed by atoms with Crippen molar-refractivity contribution in [2.75, 3.05) is 0 Å². The molecule has 0 fully saturated rings. The van der Waals surface area contributed by atoms with E-state index in [2.05, 4.69) is 15.0 Å². The molecule has 0 saturated heterocycles. The fraction of sp³-hybridized carbons (Fsp3) is 0.0833. The predicted molar refractivity (Wildman–Crippen MR) is 67.0 cm³/mol. The van der Waals surface area contributed by atoms with Gasteiger partial charge >= 0.3 is 0 Å². The number of pyridine rings is 1. The number of fused-ring (bicyclic) bond motifs is 1. The van der Waals surface area contributed by atoms with Gasteiger partial charge in [0.2, 0.25) is 0 Å². The number of nitrogens with zero attached hydrogens (tertiary/aromatic N) is 3. The lowest BCUT2D eigenvalue weighted by Crippen LogP contribution is -1.91. The summed E-state index contributed by atoms with van der Waals surface area (Å²) in [5, 5.41) is 11.4. The topological polar surface area (TPSA) is 58.9 Å². The number of rotatable bonds is 1. The van der Waals surface area contributed by atoms with Crippen LogP contribution in [0.5, 0.6) is 5.75 Å². The molecule has 4 nitrogen and oxygen atoms in total. The zero-order valence-electron chi connectivity index (χ0n) is 9.08. The van der Waals surface area contributed by atoms with Gasteiger partial charge in [-0.2, -0.15) is 0 Å². The first-order chi connectivity index (χ1) is 8.24. The third-order valence-corrected chi connectivity index (χ3v) is 3.32. The lowest BCUT2D eigenvalue weighted by molar-refractivity contribution is 0.473. The summed E-state index contributed by atoms with van der Waals surface area (Å²) in [6.45, 7) is 1.86. The van der Waals surface area contributed by atoms with Gasteiger partial charge in [0, 0.05) is 11.8 Å². The van der Waals surface area contributed by atoms with Crippen LogP contribution in [-0.4, -0.2) is 20.1 Å². The molecule has 84 valence electrons. The van der Waals surface area contributed by atoms with Gasteiger partial charge in [-0.25, -0.2) is 9.97 Å². The van der Waals surface area contributed by atoms with E-state index in [1.54, 1.807) is 23.6 Å².